The number of nitrogens with zero attached hydrogens (tertiary/aromatic N) is 6. The Morgan fingerprint density at radius 3 is 2.54 bits per heavy atom. The van der Waals surface area contributed by atoms with E-state index in [1.165, 1.54) is 23.5 Å². The third kappa shape index (κ3) is 2.92. The van der Waals surface area contributed by atoms with Crippen LogP contribution >= 0.6 is 0 Å². The largest absolute Gasteiger partial charge is 0.319 e. The fourth-order valence-electron chi connectivity index (χ4n) is 3.02. The highest BCUT2D eigenvalue weighted by molar-refractivity contribution is 5.30. The van der Waals surface area contributed by atoms with Crippen molar-refractivity contribution in [2.45, 2.75) is 32.7 Å². The van der Waals surface area contributed by atoms with Gasteiger partial charge in [0.2, 0.25) is 0 Å². The second-order valence-corrected chi connectivity index (χ2v) is 5.85. The van der Waals surface area contributed by atoms with Gasteiger partial charge in [-0.2, -0.15) is 8.78 Å². The Morgan fingerprint density at radius 2 is 1.83 bits per heavy atom. The number of fused-ring (bicyclic) bond motifs is 1. The molecule has 0 bridgehead atoms. The number of alkyl halides is 2. The molecule has 0 aliphatic carbocycles. The first kappa shape index (κ1) is 14.9. The van der Waals surface area contributed by atoms with Crippen molar-refractivity contribution in [1.29, 1.82) is 0 Å². The Kier molecular flexibility index (Phi) is 3.81. The topological polar surface area (TPSA) is 51.8 Å². The number of hydrogen-bond acceptors (Lipinski definition) is 4. The van der Waals surface area contributed by atoms with Gasteiger partial charge in [0.1, 0.15) is 12.4 Å². The lowest BCUT2D eigenvalue weighted by Crippen LogP contribution is -2.15. The minimum atomic E-state index is -2.60. The van der Waals surface area contributed by atoms with Crippen molar-refractivity contribution in [3.63, 3.8) is 0 Å². The molecule has 3 heterocycles. The van der Waals surface area contributed by atoms with Crippen LogP contribution in [0.25, 0.3) is 0 Å². The van der Waals surface area contributed by atoms with Crippen molar-refractivity contribution >= 4 is 0 Å². The van der Waals surface area contributed by atoms with Crippen LogP contribution in [-0.4, -0.2) is 29.4 Å². The molecule has 1 aromatic carbocycles. The molecule has 0 atom stereocenters. The molecule has 0 spiro atoms. The molecule has 1 aliphatic heterocycles. The molecule has 6 nitrogen and oxygen atoms in total. The Bertz CT molecular complexity index is 815. The highest BCUT2D eigenvalue weighted by Crippen LogP contribution is 2.23. The van der Waals surface area contributed by atoms with Crippen LogP contribution in [0.5, 0.6) is 0 Å². The quantitative estimate of drug-likeness (QED) is 0.721. The van der Waals surface area contributed by atoms with Crippen LogP contribution < -0.4 is 0 Å². The Morgan fingerprint density at radius 1 is 1.08 bits per heavy atom. The molecule has 124 valence electrons. The average Bonchev–Trinajstić information content (AvgIpc) is 3.27. The van der Waals surface area contributed by atoms with Crippen LogP contribution in [0.15, 0.2) is 42.9 Å². The lowest BCUT2D eigenvalue weighted by atomic mass is 10.1. The zero-order valence-corrected chi connectivity index (χ0v) is 12.9. The van der Waals surface area contributed by atoms with E-state index < -0.39 is 6.55 Å². The summed E-state index contributed by atoms with van der Waals surface area (Å²) < 4.78 is 28.1. The van der Waals surface area contributed by atoms with Gasteiger partial charge in [-0.15, -0.1) is 5.10 Å². The summed E-state index contributed by atoms with van der Waals surface area (Å²) >= 11 is 0. The van der Waals surface area contributed by atoms with Gasteiger partial charge in [-0.25, -0.2) is 9.67 Å². The second-order valence-electron chi connectivity index (χ2n) is 5.85. The summed E-state index contributed by atoms with van der Waals surface area (Å²) in [7, 11) is 0. The number of aromatic nitrogens is 5. The lowest BCUT2D eigenvalue weighted by Gasteiger charge is -2.11. The molecule has 8 heteroatoms. The standard InChI is InChI=1S/C16H16F2N6/c17-16(18)24-6-5-19-15(24)11-23-10-14(20-21-23)9-22-7-12-3-1-2-4-13(12)8-22/h1-6,10,16H,7-9,11H2. The van der Waals surface area contributed by atoms with E-state index in [4.69, 9.17) is 0 Å². The fraction of sp³-hybridized carbons (Fsp3) is 0.312. The zero-order valence-electron chi connectivity index (χ0n) is 12.9. The van der Waals surface area contributed by atoms with Gasteiger partial charge in [0.15, 0.2) is 0 Å². The predicted molar refractivity (Wildman–Crippen MR) is 82.0 cm³/mol. The Balaban J connectivity index is 1.42. The molecule has 0 unspecified atom stereocenters. The zero-order chi connectivity index (χ0) is 16.5. The number of imidazole rings is 1. The van der Waals surface area contributed by atoms with Gasteiger partial charge in [-0.1, -0.05) is 29.5 Å². The van der Waals surface area contributed by atoms with Crippen molar-refractivity contribution in [2.75, 3.05) is 0 Å². The molecular weight excluding hydrogens is 314 g/mol. The highest BCUT2D eigenvalue weighted by atomic mass is 19.3. The molecule has 0 fully saturated rings. The molecular formula is C16H16F2N6. The first-order valence-corrected chi connectivity index (χ1v) is 7.67. The van der Waals surface area contributed by atoms with Crippen molar-refractivity contribution in [1.82, 2.24) is 29.4 Å². The van der Waals surface area contributed by atoms with E-state index in [0.29, 0.717) is 6.54 Å². The first-order valence-electron chi connectivity index (χ1n) is 7.67. The molecule has 0 amide bonds. The highest BCUT2D eigenvalue weighted by Gasteiger charge is 2.19. The Labute approximate surface area is 137 Å². The molecule has 0 N–H and O–H groups in total. The molecule has 0 radical (unpaired) electrons. The summed E-state index contributed by atoms with van der Waals surface area (Å²) in [5, 5.41) is 8.17. The molecule has 0 saturated heterocycles. The van der Waals surface area contributed by atoms with Gasteiger partial charge in [-0.3, -0.25) is 9.47 Å². The van der Waals surface area contributed by atoms with Gasteiger partial charge in [-0.05, 0) is 11.1 Å². The van der Waals surface area contributed by atoms with E-state index in [1.807, 2.05) is 12.1 Å². The number of benzene rings is 1. The van der Waals surface area contributed by atoms with E-state index in [0.717, 1.165) is 23.4 Å². The van der Waals surface area contributed by atoms with Gasteiger partial charge in [0.25, 0.3) is 0 Å². The number of rotatable bonds is 5. The van der Waals surface area contributed by atoms with Crippen LogP contribution in [-0.2, 0) is 26.2 Å². The monoisotopic (exact) mass is 330 g/mol. The smallest absolute Gasteiger partial charge is 0.289 e. The minimum absolute atomic E-state index is 0.171. The van der Waals surface area contributed by atoms with Crippen molar-refractivity contribution < 1.29 is 8.78 Å². The van der Waals surface area contributed by atoms with E-state index in [9.17, 15) is 8.78 Å². The summed E-state index contributed by atoms with van der Waals surface area (Å²) in [5.74, 6) is 0.259. The maximum absolute atomic E-state index is 12.8. The number of hydrogen-bond donors (Lipinski definition) is 0. The molecule has 2 aromatic heterocycles. The minimum Gasteiger partial charge on any atom is -0.289 e. The van der Waals surface area contributed by atoms with E-state index in [1.54, 1.807) is 10.9 Å². The summed E-state index contributed by atoms with van der Waals surface area (Å²) in [5.41, 5.74) is 3.49. The third-order valence-corrected chi connectivity index (χ3v) is 4.14. The Hall–Kier alpha value is -2.61. The summed E-state index contributed by atoms with van der Waals surface area (Å²) in [6.07, 6.45) is 4.41. The van der Waals surface area contributed by atoms with Crippen LogP contribution in [0.3, 0.4) is 0 Å². The maximum Gasteiger partial charge on any atom is 0.319 e. The molecule has 24 heavy (non-hydrogen) atoms. The predicted octanol–water partition coefficient (Wildman–Crippen LogP) is 2.43. The third-order valence-electron chi connectivity index (χ3n) is 4.14. The van der Waals surface area contributed by atoms with Gasteiger partial charge < -0.3 is 0 Å². The van der Waals surface area contributed by atoms with Crippen LogP contribution in [0.1, 0.15) is 29.2 Å². The normalized spacial score (nSPS) is 14.5. The van der Waals surface area contributed by atoms with Crippen LogP contribution in [0, 0.1) is 0 Å². The molecule has 0 saturated carbocycles. The van der Waals surface area contributed by atoms with E-state index in [2.05, 4.69) is 32.3 Å². The van der Waals surface area contributed by atoms with Crippen molar-refractivity contribution in [3.05, 3.63) is 65.5 Å². The maximum atomic E-state index is 12.8. The lowest BCUT2D eigenvalue weighted by molar-refractivity contribution is 0.0665. The number of halogens is 2. The average molecular weight is 330 g/mol. The van der Waals surface area contributed by atoms with Gasteiger partial charge >= 0.3 is 6.55 Å². The van der Waals surface area contributed by atoms with E-state index >= 15 is 0 Å². The second kappa shape index (κ2) is 6.12. The van der Waals surface area contributed by atoms with Crippen LogP contribution in [0.4, 0.5) is 8.78 Å². The first-order chi connectivity index (χ1) is 11.7. The van der Waals surface area contributed by atoms with Crippen LogP contribution in [0.2, 0.25) is 0 Å². The fourth-order valence-corrected chi connectivity index (χ4v) is 3.02. The summed E-state index contributed by atoms with van der Waals surface area (Å²) in [4.78, 5) is 6.23. The molecule has 1 aliphatic rings. The van der Waals surface area contributed by atoms with Crippen molar-refractivity contribution in [3.8, 4) is 0 Å². The van der Waals surface area contributed by atoms with Crippen molar-refractivity contribution in [2.24, 2.45) is 0 Å². The summed E-state index contributed by atoms with van der Waals surface area (Å²) in [6.45, 7) is 0.0220. The van der Waals surface area contributed by atoms with Gasteiger partial charge in [0, 0.05) is 32.0 Å². The molecule has 4 rings (SSSR count). The van der Waals surface area contributed by atoms with Gasteiger partial charge in [0.05, 0.1) is 11.9 Å². The molecule has 3 aromatic rings. The SMILES string of the molecule is FC(F)n1ccnc1Cn1cc(CN2Cc3ccccc3C2)nn1. The van der Waals surface area contributed by atoms with E-state index in [-0.39, 0.29) is 12.4 Å². The summed E-state index contributed by atoms with van der Waals surface area (Å²) in [6, 6.07) is 8.36.